The molecule has 0 radical (unpaired) electrons. The highest BCUT2D eigenvalue weighted by atomic mass is 16.2. The minimum Gasteiger partial charge on any atom is -0.327 e. The highest BCUT2D eigenvalue weighted by molar-refractivity contribution is 5.93. The van der Waals surface area contributed by atoms with Crippen molar-refractivity contribution < 1.29 is 4.79 Å². The number of hydrogen-bond donors (Lipinski definition) is 1. The molecule has 0 saturated carbocycles. The fraction of sp³-hybridized carbons (Fsp3) is 0.625. The van der Waals surface area contributed by atoms with E-state index in [0.717, 1.165) is 19.6 Å². The number of nitrogens with one attached hydrogen (secondary N) is 1. The first-order chi connectivity index (χ1) is 5.25. The lowest BCUT2D eigenvalue weighted by molar-refractivity contribution is -0.127. The van der Waals surface area contributed by atoms with Crippen LogP contribution in [0.3, 0.4) is 0 Å². The van der Waals surface area contributed by atoms with Crippen molar-refractivity contribution in [3.8, 4) is 12.3 Å². The van der Waals surface area contributed by atoms with E-state index < -0.39 is 0 Å². The molecule has 0 bridgehead atoms. The predicted octanol–water partition coefficient (Wildman–Crippen LogP) is -0.560. The molecule has 0 aromatic carbocycles. The van der Waals surface area contributed by atoms with Gasteiger partial charge < -0.3 is 10.2 Å². The highest BCUT2D eigenvalue weighted by Gasteiger charge is 2.20. The number of nitrogens with zero attached hydrogens (tertiary/aromatic N) is 1. The summed E-state index contributed by atoms with van der Waals surface area (Å²) in [5.41, 5.74) is 0. The number of rotatable bonds is 0. The van der Waals surface area contributed by atoms with E-state index in [4.69, 9.17) is 6.42 Å². The van der Waals surface area contributed by atoms with E-state index in [1.54, 1.807) is 4.90 Å². The topological polar surface area (TPSA) is 32.3 Å². The Labute approximate surface area is 66.8 Å². The fourth-order valence-corrected chi connectivity index (χ4v) is 1.23. The van der Waals surface area contributed by atoms with Gasteiger partial charge in [0.05, 0.1) is 0 Å². The minimum absolute atomic E-state index is 0.195. The zero-order valence-electron chi connectivity index (χ0n) is 6.63. The summed E-state index contributed by atoms with van der Waals surface area (Å²) in [5.74, 6) is 1.93. The monoisotopic (exact) mass is 152 g/mol. The molecule has 0 aliphatic carbocycles. The zero-order valence-corrected chi connectivity index (χ0v) is 6.63. The molecule has 1 fully saturated rings. The van der Waals surface area contributed by atoms with Crippen LogP contribution in [0.15, 0.2) is 0 Å². The van der Waals surface area contributed by atoms with Crippen LogP contribution in [0.2, 0.25) is 0 Å². The lowest BCUT2D eigenvalue weighted by atomic mass is 10.2. The van der Waals surface area contributed by atoms with Gasteiger partial charge >= 0.3 is 0 Å². The van der Waals surface area contributed by atoms with Crippen LogP contribution in [-0.4, -0.2) is 36.5 Å². The molecule has 1 N–H and O–H groups in total. The average Bonchev–Trinajstić information content (AvgIpc) is 2.04. The Morgan fingerprint density at radius 3 is 3.09 bits per heavy atom. The van der Waals surface area contributed by atoms with E-state index in [2.05, 4.69) is 11.2 Å². The number of terminal acetylenes is 1. The van der Waals surface area contributed by atoms with Crippen LogP contribution in [0, 0.1) is 12.3 Å². The summed E-state index contributed by atoms with van der Waals surface area (Å²) in [4.78, 5) is 12.8. The third-order valence-electron chi connectivity index (χ3n) is 1.89. The minimum atomic E-state index is -0.195. The number of hydrogen-bond acceptors (Lipinski definition) is 2. The molecule has 3 heteroatoms. The molecule has 1 amide bonds. The van der Waals surface area contributed by atoms with Crippen LogP contribution >= 0.6 is 0 Å². The maximum absolute atomic E-state index is 11.0. The van der Waals surface area contributed by atoms with Crippen LogP contribution in [0.5, 0.6) is 0 Å². The first-order valence-electron chi connectivity index (χ1n) is 3.73. The third kappa shape index (κ3) is 1.72. The summed E-state index contributed by atoms with van der Waals surface area (Å²) in [7, 11) is 0. The smallest absolute Gasteiger partial charge is 0.298 e. The second-order valence-electron chi connectivity index (χ2n) is 2.70. The summed E-state index contributed by atoms with van der Waals surface area (Å²) >= 11 is 0. The second-order valence-corrected chi connectivity index (χ2v) is 2.70. The van der Waals surface area contributed by atoms with Gasteiger partial charge in [-0.25, -0.2) is 0 Å². The van der Waals surface area contributed by atoms with E-state index in [-0.39, 0.29) is 11.9 Å². The molecule has 11 heavy (non-hydrogen) atoms. The van der Waals surface area contributed by atoms with Gasteiger partial charge in [-0.2, -0.15) is 0 Å². The van der Waals surface area contributed by atoms with Crippen molar-refractivity contribution in [2.24, 2.45) is 0 Å². The van der Waals surface area contributed by atoms with Gasteiger partial charge in [0.1, 0.15) is 0 Å². The molecule has 1 saturated heterocycles. The highest BCUT2D eigenvalue weighted by Crippen LogP contribution is 2.01. The number of carbonyl (C=O) groups is 1. The van der Waals surface area contributed by atoms with E-state index in [9.17, 15) is 4.79 Å². The summed E-state index contributed by atoms with van der Waals surface area (Å²) < 4.78 is 0. The molecule has 1 heterocycles. The second kappa shape index (κ2) is 3.40. The van der Waals surface area contributed by atoms with E-state index in [0.29, 0.717) is 0 Å². The van der Waals surface area contributed by atoms with Crippen molar-refractivity contribution in [1.29, 1.82) is 0 Å². The Morgan fingerprint density at radius 2 is 2.55 bits per heavy atom. The van der Waals surface area contributed by atoms with Gasteiger partial charge in [-0.15, -0.1) is 6.42 Å². The molecule has 0 aromatic heterocycles. The van der Waals surface area contributed by atoms with Crippen molar-refractivity contribution >= 4 is 5.91 Å². The molecule has 3 nitrogen and oxygen atoms in total. The van der Waals surface area contributed by atoms with Crippen LogP contribution in [0.25, 0.3) is 0 Å². The maximum Gasteiger partial charge on any atom is 0.298 e. The zero-order chi connectivity index (χ0) is 8.27. The number of carbonyl (C=O) groups excluding carboxylic acids is 1. The molecule has 1 atom stereocenters. The Bertz CT molecular complexity index is 195. The lowest BCUT2D eigenvalue weighted by Crippen LogP contribution is -2.51. The number of piperazine rings is 1. The molecule has 1 aliphatic rings. The molecule has 1 aliphatic heterocycles. The van der Waals surface area contributed by atoms with Gasteiger partial charge in [-0.05, 0) is 12.8 Å². The quantitative estimate of drug-likeness (QED) is 0.472. The van der Waals surface area contributed by atoms with Gasteiger partial charge in [-0.3, -0.25) is 4.79 Å². The molecular formula is C8H12N2O. The molecule has 0 aromatic rings. The molecule has 0 spiro atoms. The van der Waals surface area contributed by atoms with E-state index >= 15 is 0 Å². The van der Waals surface area contributed by atoms with Crippen LogP contribution < -0.4 is 5.32 Å². The number of amides is 1. The lowest BCUT2D eigenvalue weighted by Gasteiger charge is -2.32. The van der Waals surface area contributed by atoms with Crippen molar-refractivity contribution in [1.82, 2.24) is 10.2 Å². The van der Waals surface area contributed by atoms with Gasteiger partial charge in [0.2, 0.25) is 0 Å². The maximum atomic E-state index is 11.0. The predicted molar refractivity (Wildman–Crippen MR) is 42.9 cm³/mol. The fourth-order valence-electron chi connectivity index (χ4n) is 1.23. The Balaban J connectivity index is 2.56. The van der Waals surface area contributed by atoms with Crippen LogP contribution in [0.4, 0.5) is 0 Å². The molecule has 0 unspecified atom stereocenters. The SMILES string of the molecule is C#CC(=O)N1CCNC[C@@H]1C. The standard InChI is InChI=1S/C8H12N2O/c1-3-8(11)10-5-4-9-6-7(10)2/h1,7,9H,4-6H2,2H3/t7-/m0/s1. The van der Waals surface area contributed by atoms with Crippen LogP contribution in [0.1, 0.15) is 6.92 Å². The Kier molecular flexibility index (Phi) is 2.50. The van der Waals surface area contributed by atoms with Crippen molar-refractivity contribution in [2.45, 2.75) is 13.0 Å². The van der Waals surface area contributed by atoms with Gasteiger partial charge in [-0.1, -0.05) is 0 Å². The largest absolute Gasteiger partial charge is 0.327 e. The Morgan fingerprint density at radius 1 is 1.82 bits per heavy atom. The van der Waals surface area contributed by atoms with E-state index in [1.165, 1.54) is 0 Å². The summed E-state index contributed by atoms with van der Waals surface area (Å²) in [6, 6.07) is 0.229. The van der Waals surface area contributed by atoms with Crippen LogP contribution in [-0.2, 0) is 4.79 Å². The van der Waals surface area contributed by atoms with E-state index in [1.807, 2.05) is 6.92 Å². The molecule has 60 valence electrons. The molecule has 1 rings (SSSR count). The summed E-state index contributed by atoms with van der Waals surface area (Å²) in [6.07, 6.45) is 5.00. The molecular weight excluding hydrogens is 140 g/mol. The normalized spacial score (nSPS) is 24.4. The van der Waals surface area contributed by atoms with Gasteiger partial charge in [0.15, 0.2) is 0 Å². The van der Waals surface area contributed by atoms with Crippen molar-refractivity contribution in [2.75, 3.05) is 19.6 Å². The van der Waals surface area contributed by atoms with Crippen molar-refractivity contribution in [3.63, 3.8) is 0 Å². The first kappa shape index (κ1) is 8.09. The van der Waals surface area contributed by atoms with Gasteiger partial charge in [0.25, 0.3) is 5.91 Å². The summed E-state index contributed by atoms with van der Waals surface area (Å²) in [6.45, 7) is 4.40. The first-order valence-corrected chi connectivity index (χ1v) is 3.73. The third-order valence-corrected chi connectivity index (χ3v) is 1.89. The van der Waals surface area contributed by atoms with Crippen molar-refractivity contribution in [3.05, 3.63) is 0 Å². The summed E-state index contributed by atoms with van der Waals surface area (Å²) in [5, 5.41) is 3.18. The van der Waals surface area contributed by atoms with Gasteiger partial charge in [0, 0.05) is 25.7 Å². The average molecular weight is 152 g/mol. The Hall–Kier alpha value is -1.01.